The van der Waals surface area contributed by atoms with Gasteiger partial charge in [0.05, 0.1) is 18.4 Å². The minimum atomic E-state index is -0.995. The fraction of sp³-hybridized carbons (Fsp3) is 0.200. The van der Waals surface area contributed by atoms with Crippen molar-refractivity contribution < 1.29 is 23.5 Å². The number of benzene rings is 3. The summed E-state index contributed by atoms with van der Waals surface area (Å²) in [5.41, 5.74) is 4.28. The van der Waals surface area contributed by atoms with Crippen LogP contribution in [0.5, 0.6) is 5.75 Å². The minimum Gasteiger partial charge on any atom is -0.495 e. The van der Waals surface area contributed by atoms with Crippen LogP contribution >= 0.6 is 0 Å². The number of rotatable bonds is 5. The van der Waals surface area contributed by atoms with Crippen molar-refractivity contribution in [2.45, 2.75) is 26.9 Å². The number of para-hydroxylation sites is 1. The lowest BCUT2D eigenvalue weighted by molar-refractivity contribution is -0.123. The lowest BCUT2D eigenvalue weighted by Crippen LogP contribution is -2.30. The number of hydrogen-bond donors (Lipinski definition) is 1. The van der Waals surface area contributed by atoms with E-state index < -0.39 is 18.0 Å². The largest absolute Gasteiger partial charge is 0.495 e. The summed E-state index contributed by atoms with van der Waals surface area (Å²) in [6, 6.07) is 16.5. The molecule has 6 nitrogen and oxygen atoms in total. The number of ether oxygens (including phenoxy) is 2. The highest BCUT2D eigenvalue weighted by molar-refractivity contribution is 6.08. The molecular weight excluding hydrogens is 394 g/mol. The fourth-order valence-electron chi connectivity index (χ4n) is 3.40. The van der Waals surface area contributed by atoms with Crippen molar-refractivity contribution in [3.63, 3.8) is 0 Å². The molecule has 1 heterocycles. The number of aryl methyl sites for hydroxylation is 2. The van der Waals surface area contributed by atoms with E-state index in [1.807, 2.05) is 50.2 Å². The van der Waals surface area contributed by atoms with Crippen molar-refractivity contribution in [3.05, 3.63) is 71.3 Å². The quantitative estimate of drug-likeness (QED) is 0.440. The number of nitrogens with one attached hydrogen (secondary N) is 1. The molecule has 0 unspecified atom stereocenters. The zero-order valence-corrected chi connectivity index (χ0v) is 17.8. The van der Waals surface area contributed by atoms with Crippen molar-refractivity contribution in [2.75, 3.05) is 12.4 Å². The van der Waals surface area contributed by atoms with Crippen LogP contribution in [0.25, 0.3) is 21.9 Å². The van der Waals surface area contributed by atoms with Gasteiger partial charge in [-0.2, -0.15) is 0 Å². The Bertz CT molecular complexity index is 1300. The van der Waals surface area contributed by atoms with E-state index in [0.29, 0.717) is 22.6 Å². The number of fused-ring (bicyclic) bond motifs is 3. The first-order valence-electron chi connectivity index (χ1n) is 9.95. The van der Waals surface area contributed by atoms with E-state index >= 15 is 0 Å². The maximum Gasteiger partial charge on any atom is 0.338 e. The lowest BCUT2D eigenvalue weighted by atomic mass is 10.1. The zero-order chi connectivity index (χ0) is 22.1. The van der Waals surface area contributed by atoms with Crippen LogP contribution in [0.15, 0.2) is 59.0 Å². The Hall–Kier alpha value is -3.80. The minimum absolute atomic E-state index is 0.407. The van der Waals surface area contributed by atoms with E-state index in [-0.39, 0.29) is 0 Å². The zero-order valence-electron chi connectivity index (χ0n) is 17.8. The molecule has 0 aliphatic heterocycles. The molecule has 0 fully saturated rings. The Morgan fingerprint density at radius 2 is 1.71 bits per heavy atom. The molecule has 0 aliphatic rings. The van der Waals surface area contributed by atoms with Crippen LogP contribution < -0.4 is 10.1 Å². The molecule has 0 aliphatic carbocycles. The Morgan fingerprint density at radius 1 is 0.935 bits per heavy atom. The van der Waals surface area contributed by atoms with Gasteiger partial charge in [-0.1, -0.05) is 24.3 Å². The Balaban J connectivity index is 1.54. The predicted molar refractivity (Wildman–Crippen MR) is 120 cm³/mol. The maximum absolute atomic E-state index is 12.7. The van der Waals surface area contributed by atoms with Crippen LogP contribution in [0.2, 0.25) is 0 Å². The van der Waals surface area contributed by atoms with E-state index in [9.17, 15) is 9.59 Å². The number of carbonyl (C=O) groups is 2. The molecule has 1 amide bonds. The molecule has 4 aromatic rings. The molecule has 31 heavy (non-hydrogen) atoms. The topological polar surface area (TPSA) is 77.8 Å². The molecule has 0 radical (unpaired) electrons. The summed E-state index contributed by atoms with van der Waals surface area (Å²) in [4.78, 5) is 25.1. The Kier molecular flexibility index (Phi) is 5.38. The molecule has 3 aromatic carbocycles. The number of esters is 1. The second-order valence-electron chi connectivity index (χ2n) is 7.48. The molecule has 1 aromatic heterocycles. The van der Waals surface area contributed by atoms with Crippen molar-refractivity contribution in [1.29, 1.82) is 0 Å². The molecule has 0 saturated heterocycles. The number of furan rings is 1. The summed E-state index contributed by atoms with van der Waals surface area (Å²) >= 11 is 0. The lowest BCUT2D eigenvalue weighted by Gasteiger charge is -2.15. The normalized spacial score (nSPS) is 12.0. The third-order valence-corrected chi connectivity index (χ3v) is 5.35. The summed E-state index contributed by atoms with van der Waals surface area (Å²) in [6.45, 7) is 5.41. The van der Waals surface area contributed by atoms with Crippen molar-refractivity contribution in [2.24, 2.45) is 0 Å². The molecule has 158 valence electrons. The molecule has 1 N–H and O–H groups in total. The van der Waals surface area contributed by atoms with Gasteiger partial charge in [-0.3, -0.25) is 4.79 Å². The average Bonchev–Trinajstić information content (AvgIpc) is 3.12. The molecule has 0 saturated carbocycles. The van der Waals surface area contributed by atoms with Crippen LogP contribution in [-0.2, 0) is 9.53 Å². The number of anilines is 1. The van der Waals surface area contributed by atoms with Gasteiger partial charge >= 0.3 is 5.97 Å². The van der Waals surface area contributed by atoms with Crippen molar-refractivity contribution in [1.82, 2.24) is 0 Å². The molecule has 0 spiro atoms. The second kappa shape index (κ2) is 8.14. The Morgan fingerprint density at radius 3 is 2.45 bits per heavy atom. The summed E-state index contributed by atoms with van der Waals surface area (Å²) in [7, 11) is 1.53. The van der Waals surface area contributed by atoms with Gasteiger partial charge in [-0.05, 0) is 56.2 Å². The van der Waals surface area contributed by atoms with Gasteiger partial charge in [0.1, 0.15) is 16.9 Å². The van der Waals surface area contributed by atoms with E-state index in [2.05, 4.69) is 5.32 Å². The highest BCUT2D eigenvalue weighted by Gasteiger charge is 2.21. The van der Waals surface area contributed by atoms with Crippen LogP contribution in [0.4, 0.5) is 5.69 Å². The average molecular weight is 417 g/mol. The third kappa shape index (κ3) is 3.97. The molecule has 6 heteroatoms. The van der Waals surface area contributed by atoms with E-state index in [4.69, 9.17) is 13.9 Å². The van der Waals surface area contributed by atoms with E-state index in [1.165, 1.54) is 14.0 Å². The predicted octanol–water partition coefficient (Wildman–Crippen LogP) is 5.40. The van der Waals surface area contributed by atoms with Gasteiger partial charge in [-0.15, -0.1) is 0 Å². The highest BCUT2D eigenvalue weighted by atomic mass is 16.5. The van der Waals surface area contributed by atoms with Crippen LogP contribution in [-0.4, -0.2) is 25.1 Å². The van der Waals surface area contributed by atoms with Crippen molar-refractivity contribution >= 4 is 39.5 Å². The standard InChI is InChI=1S/C25H23NO5/c1-14-9-10-17(11-15(14)2)25(28)30-16(3)24(27)26-20-13-22-19(12-23(20)29-4)18-7-5-6-8-21(18)31-22/h5-13,16H,1-4H3,(H,26,27)/t16-/m1/s1. The fourth-order valence-corrected chi connectivity index (χ4v) is 3.40. The van der Waals surface area contributed by atoms with Gasteiger partial charge in [0.15, 0.2) is 6.10 Å². The van der Waals surface area contributed by atoms with Crippen LogP contribution in [0, 0.1) is 13.8 Å². The number of carbonyl (C=O) groups excluding carboxylic acids is 2. The smallest absolute Gasteiger partial charge is 0.338 e. The first-order chi connectivity index (χ1) is 14.9. The van der Waals surface area contributed by atoms with Gasteiger partial charge < -0.3 is 19.2 Å². The SMILES string of the molecule is COc1cc2c(cc1NC(=O)[C@@H](C)OC(=O)c1ccc(C)c(C)c1)oc1ccccc12. The summed E-state index contributed by atoms with van der Waals surface area (Å²) in [5.74, 6) is -0.531. The van der Waals surface area contributed by atoms with Crippen molar-refractivity contribution in [3.8, 4) is 5.75 Å². The van der Waals surface area contributed by atoms with Crippen LogP contribution in [0.1, 0.15) is 28.4 Å². The molecule has 0 bridgehead atoms. The first kappa shape index (κ1) is 20.5. The number of methoxy groups -OCH3 is 1. The number of amides is 1. The van der Waals surface area contributed by atoms with E-state index in [0.717, 1.165) is 27.5 Å². The molecule has 4 rings (SSSR count). The third-order valence-electron chi connectivity index (χ3n) is 5.35. The number of hydrogen-bond acceptors (Lipinski definition) is 5. The summed E-state index contributed by atoms with van der Waals surface area (Å²) in [6.07, 6.45) is -0.995. The first-order valence-corrected chi connectivity index (χ1v) is 9.95. The summed E-state index contributed by atoms with van der Waals surface area (Å²) in [5, 5.41) is 4.62. The Labute approximate surface area is 179 Å². The van der Waals surface area contributed by atoms with E-state index in [1.54, 1.807) is 18.2 Å². The second-order valence-corrected chi connectivity index (χ2v) is 7.48. The maximum atomic E-state index is 12.7. The van der Waals surface area contributed by atoms with Gasteiger partial charge in [0, 0.05) is 16.8 Å². The van der Waals surface area contributed by atoms with Gasteiger partial charge in [0.2, 0.25) is 0 Å². The molecular formula is C25H23NO5. The summed E-state index contributed by atoms with van der Waals surface area (Å²) < 4.78 is 16.7. The van der Waals surface area contributed by atoms with Gasteiger partial charge in [-0.25, -0.2) is 4.79 Å². The molecule has 1 atom stereocenters. The van der Waals surface area contributed by atoms with Gasteiger partial charge in [0.25, 0.3) is 5.91 Å². The highest BCUT2D eigenvalue weighted by Crippen LogP contribution is 2.36. The monoisotopic (exact) mass is 417 g/mol. The van der Waals surface area contributed by atoms with Crippen LogP contribution in [0.3, 0.4) is 0 Å².